The molecule has 20 heavy (non-hydrogen) atoms. The van der Waals surface area contributed by atoms with Gasteiger partial charge in [0.1, 0.15) is 17.5 Å². The molecular weight excluding hydrogens is 294 g/mol. The van der Waals surface area contributed by atoms with Crippen LogP contribution >= 0.6 is 11.6 Å². The Labute approximate surface area is 118 Å². The summed E-state index contributed by atoms with van der Waals surface area (Å²) in [4.78, 5) is 0. The minimum Gasteiger partial charge on any atom is -0.375 e. The lowest BCUT2D eigenvalue weighted by molar-refractivity contribution is 0.541. The summed E-state index contributed by atoms with van der Waals surface area (Å²) < 4.78 is 53.7. The Balaban J connectivity index is 2.35. The van der Waals surface area contributed by atoms with Crippen LogP contribution in [-0.4, -0.2) is 0 Å². The molecule has 1 unspecified atom stereocenters. The zero-order valence-corrected chi connectivity index (χ0v) is 11.1. The van der Waals surface area contributed by atoms with Crippen molar-refractivity contribution in [3.05, 3.63) is 64.2 Å². The van der Waals surface area contributed by atoms with Gasteiger partial charge in [0.05, 0.1) is 16.8 Å². The van der Waals surface area contributed by atoms with Gasteiger partial charge in [-0.2, -0.15) is 0 Å². The molecule has 0 aliphatic carbocycles. The van der Waals surface area contributed by atoms with Crippen molar-refractivity contribution in [2.24, 2.45) is 0 Å². The summed E-state index contributed by atoms with van der Waals surface area (Å²) in [6, 6.07) is 4.09. The van der Waals surface area contributed by atoms with Crippen molar-refractivity contribution in [3.63, 3.8) is 0 Å². The summed E-state index contributed by atoms with van der Waals surface area (Å²) in [7, 11) is 0. The molecule has 2 aromatic carbocycles. The monoisotopic (exact) mass is 303 g/mol. The van der Waals surface area contributed by atoms with E-state index in [-0.39, 0.29) is 16.3 Å². The van der Waals surface area contributed by atoms with Crippen molar-refractivity contribution in [1.29, 1.82) is 0 Å². The fourth-order valence-electron chi connectivity index (χ4n) is 1.89. The first-order valence-electron chi connectivity index (χ1n) is 5.75. The van der Waals surface area contributed by atoms with Crippen molar-refractivity contribution in [2.75, 3.05) is 5.32 Å². The van der Waals surface area contributed by atoms with Crippen LogP contribution in [0.2, 0.25) is 5.02 Å². The van der Waals surface area contributed by atoms with Gasteiger partial charge in [0.25, 0.3) is 0 Å². The number of halogens is 5. The molecule has 0 bridgehead atoms. The van der Waals surface area contributed by atoms with E-state index in [1.54, 1.807) is 0 Å². The maximum atomic E-state index is 13.6. The zero-order chi connectivity index (χ0) is 14.9. The molecule has 2 aromatic rings. The Morgan fingerprint density at radius 1 is 1.00 bits per heavy atom. The van der Waals surface area contributed by atoms with Crippen LogP contribution in [0, 0.1) is 23.3 Å². The Hall–Kier alpha value is -1.75. The van der Waals surface area contributed by atoms with Crippen LogP contribution in [-0.2, 0) is 0 Å². The van der Waals surface area contributed by atoms with E-state index in [4.69, 9.17) is 11.6 Å². The Morgan fingerprint density at radius 2 is 1.60 bits per heavy atom. The zero-order valence-electron chi connectivity index (χ0n) is 10.4. The van der Waals surface area contributed by atoms with Gasteiger partial charge in [-0.05, 0) is 25.1 Å². The van der Waals surface area contributed by atoms with E-state index in [0.717, 1.165) is 18.2 Å². The highest BCUT2D eigenvalue weighted by molar-refractivity contribution is 6.33. The van der Waals surface area contributed by atoms with Crippen LogP contribution in [0.3, 0.4) is 0 Å². The molecule has 0 aliphatic heterocycles. The van der Waals surface area contributed by atoms with Crippen LogP contribution in [0.5, 0.6) is 0 Å². The van der Waals surface area contributed by atoms with Gasteiger partial charge in [-0.1, -0.05) is 17.7 Å². The van der Waals surface area contributed by atoms with E-state index in [2.05, 4.69) is 5.32 Å². The van der Waals surface area contributed by atoms with Gasteiger partial charge in [-0.25, -0.2) is 17.6 Å². The molecule has 1 N–H and O–H groups in total. The number of anilines is 1. The second-order valence-corrected chi connectivity index (χ2v) is 4.65. The minimum atomic E-state index is -0.932. The quantitative estimate of drug-likeness (QED) is 0.781. The van der Waals surface area contributed by atoms with Crippen LogP contribution in [0.1, 0.15) is 18.5 Å². The predicted octanol–water partition coefficient (Wildman–Crippen LogP) is 5.07. The molecule has 1 atom stereocenters. The first-order valence-corrected chi connectivity index (χ1v) is 6.13. The van der Waals surface area contributed by atoms with Crippen LogP contribution in [0.25, 0.3) is 0 Å². The van der Waals surface area contributed by atoms with E-state index in [9.17, 15) is 17.6 Å². The third kappa shape index (κ3) is 2.88. The second kappa shape index (κ2) is 5.71. The minimum absolute atomic E-state index is 0.203. The summed E-state index contributed by atoms with van der Waals surface area (Å²) in [6.07, 6.45) is 0. The van der Waals surface area contributed by atoms with Gasteiger partial charge in [-0.3, -0.25) is 0 Å². The predicted molar refractivity (Wildman–Crippen MR) is 69.8 cm³/mol. The van der Waals surface area contributed by atoms with Crippen molar-refractivity contribution < 1.29 is 17.6 Å². The molecule has 0 saturated heterocycles. The van der Waals surface area contributed by atoms with Crippen molar-refractivity contribution in [3.8, 4) is 0 Å². The van der Waals surface area contributed by atoms with Gasteiger partial charge < -0.3 is 5.32 Å². The smallest absolute Gasteiger partial charge is 0.150 e. The fourth-order valence-corrected chi connectivity index (χ4v) is 2.14. The van der Waals surface area contributed by atoms with E-state index in [0.29, 0.717) is 6.07 Å². The highest BCUT2D eigenvalue weighted by atomic mass is 35.5. The lowest BCUT2D eigenvalue weighted by Crippen LogP contribution is -2.12. The SMILES string of the molecule is CC(Nc1c(F)cc(F)cc1Cl)c1c(F)cccc1F. The Morgan fingerprint density at radius 3 is 2.15 bits per heavy atom. The van der Waals surface area contributed by atoms with Crippen LogP contribution in [0.15, 0.2) is 30.3 Å². The maximum Gasteiger partial charge on any atom is 0.150 e. The molecule has 0 saturated carbocycles. The molecule has 1 nitrogen and oxygen atoms in total. The van der Waals surface area contributed by atoms with Crippen LogP contribution < -0.4 is 5.32 Å². The number of nitrogens with one attached hydrogen (secondary N) is 1. The van der Waals surface area contributed by atoms with Crippen LogP contribution in [0.4, 0.5) is 23.2 Å². The normalized spacial score (nSPS) is 12.3. The number of benzene rings is 2. The maximum absolute atomic E-state index is 13.6. The molecule has 106 valence electrons. The first-order chi connectivity index (χ1) is 9.40. The summed E-state index contributed by atoms with van der Waals surface area (Å²) in [6.45, 7) is 1.45. The molecule has 2 rings (SSSR count). The van der Waals surface area contributed by atoms with Crippen molar-refractivity contribution in [1.82, 2.24) is 0 Å². The molecule has 0 fully saturated rings. The summed E-state index contributed by atoms with van der Waals surface area (Å²) >= 11 is 5.72. The summed E-state index contributed by atoms with van der Waals surface area (Å²) in [5.74, 6) is -3.28. The lowest BCUT2D eigenvalue weighted by Gasteiger charge is -2.18. The third-order valence-electron chi connectivity index (χ3n) is 2.80. The molecule has 6 heteroatoms. The van der Waals surface area contributed by atoms with Gasteiger partial charge in [-0.15, -0.1) is 0 Å². The largest absolute Gasteiger partial charge is 0.375 e. The summed E-state index contributed by atoms with van der Waals surface area (Å²) in [5.41, 5.74) is -0.449. The highest BCUT2D eigenvalue weighted by Crippen LogP contribution is 2.31. The molecule has 0 radical (unpaired) electrons. The molecular formula is C14H10ClF4N. The van der Waals surface area contributed by atoms with Gasteiger partial charge in [0.2, 0.25) is 0 Å². The third-order valence-corrected chi connectivity index (χ3v) is 3.10. The van der Waals surface area contributed by atoms with Crippen molar-refractivity contribution >= 4 is 17.3 Å². The number of hydrogen-bond donors (Lipinski definition) is 1. The molecule has 0 spiro atoms. The molecule has 0 aliphatic rings. The molecule has 0 heterocycles. The van der Waals surface area contributed by atoms with Gasteiger partial charge in [0.15, 0.2) is 5.82 Å². The summed E-state index contributed by atoms with van der Waals surface area (Å²) in [5, 5.41) is 2.35. The van der Waals surface area contributed by atoms with E-state index in [1.807, 2.05) is 0 Å². The molecule has 0 amide bonds. The Kier molecular flexibility index (Phi) is 4.18. The number of rotatable bonds is 3. The first kappa shape index (κ1) is 14.7. The van der Waals surface area contributed by atoms with E-state index >= 15 is 0 Å². The van der Waals surface area contributed by atoms with E-state index in [1.165, 1.54) is 13.0 Å². The fraction of sp³-hybridized carbons (Fsp3) is 0.143. The van der Waals surface area contributed by atoms with Crippen molar-refractivity contribution in [2.45, 2.75) is 13.0 Å². The van der Waals surface area contributed by atoms with Gasteiger partial charge >= 0.3 is 0 Å². The second-order valence-electron chi connectivity index (χ2n) is 4.25. The average molecular weight is 304 g/mol. The highest BCUT2D eigenvalue weighted by Gasteiger charge is 2.19. The topological polar surface area (TPSA) is 12.0 Å². The van der Waals surface area contributed by atoms with Gasteiger partial charge in [0, 0.05) is 11.6 Å². The lowest BCUT2D eigenvalue weighted by atomic mass is 10.1. The number of hydrogen-bond acceptors (Lipinski definition) is 1. The van der Waals surface area contributed by atoms with E-state index < -0.39 is 29.3 Å². The average Bonchev–Trinajstić information content (AvgIpc) is 2.33. The standard InChI is InChI=1S/C14H10ClF4N/c1-7(13-10(17)3-2-4-11(13)18)20-14-9(15)5-8(16)6-12(14)19/h2-7,20H,1H3. The molecule has 0 aromatic heterocycles. The Bertz CT molecular complexity index is 602.